The van der Waals surface area contributed by atoms with Crippen molar-refractivity contribution in [3.8, 4) is 0 Å². The van der Waals surface area contributed by atoms with E-state index in [0.717, 1.165) is 37.9 Å². The van der Waals surface area contributed by atoms with Gasteiger partial charge in [-0.25, -0.2) is 0 Å². The van der Waals surface area contributed by atoms with E-state index in [1.165, 1.54) is 19.3 Å². The zero-order valence-corrected chi connectivity index (χ0v) is 9.61. The molecule has 3 heteroatoms. The van der Waals surface area contributed by atoms with Gasteiger partial charge in [0.25, 0.3) is 0 Å². The van der Waals surface area contributed by atoms with Gasteiger partial charge in [0.05, 0.1) is 0 Å². The molecule has 2 rings (SSSR count). The lowest BCUT2D eigenvalue weighted by Crippen LogP contribution is -2.43. The fraction of sp³-hybridized carbons (Fsp3) is 0.917. The van der Waals surface area contributed by atoms with E-state index in [1.54, 1.807) is 0 Å². The third-order valence-electron chi connectivity index (χ3n) is 4.12. The standard InChI is InChI=1S/C12H22N2O/c1-9-2-3-11(8-9)14-6-4-10(5-7-14)12(13)15/h9-11H,2-8H2,1H3,(H2,13,15)/t9-,11-/m0/s1. The van der Waals surface area contributed by atoms with Crippen molar-refractivity contribution in [2.75, 3.05) is 13.1 Å². The zero-order valence-electron chi connectivity index (χ0n) is 9.61. The van der Waals surface area contributed by atoms with Gasteiger partial charge in [0.2, 0.25) is 5.91 Å². The molecule has 0 aromatic carbocycles. The molecule has 0 radical (unpaired) electrons. The Balaban J connectivity index is 1.80. The predicted octanol–water partition coefficient (Wildman–Crippen LogP) is 1.37. The smallest absolute Gasteiger partial charge is 0.220 e. The van der Waals surface area contributed by atoms with E-state index in [0.29, 0.717) is 0 Å². The summed E-state index contributed by atoms with van der Waals surface area (Å²) in [6.45, 7) is 4.49. The van der Waals surface area contributed by atoms with Crippen molar-refractivity contribution in [2.24, 2.45) is 17.6 Å². The molecule has 2 N–H and O–H groups in total. The second-order valence-electron chi connectivity index (χ2n) is 5.28. The Bertz CT molecular complexity index is 234. The number of nitrogens with two attached hydrogens (primary N) is 1. The number of piperidine rings is 1. The van der Waals surface area contributed by atoms with Crippen LogP contribution in [0.15, 0.2) is 0 Å². The molecule has 2 aliphatic rings. The van der Waals surface area contributed by atoms with E-state index in [2.05, 4.69) is 11.8 Å². The van der Waals surface area contributed by atoms with Crippen LogP contribution in [0.2, 0.25) is 0 Å². The highest BCUT2D eigenvalue weighted by molar-refractivity contribution is 5.76. The summed E-state index contributed by atoms with van der Waals surface area (Å²) in [5.41, 5.74) is 5.33. The lowest BCUT2D eigenvalue weighted by Gasteiger charge is -2.35. The maximum absolute atomic E-state index is 11.0. The Morgan fingerprint density at radius 1 is 1.20 bits per heavy atom. The van der Waals surface area contributed by atoms with Gasteiger partial charge in [-0.15, -0.1) is 0 Å². The largest absolute Gasteiger partial charge is 0.369 e. The summed E-state index contributed by atoms with van der Waals surface area (Å²) in [4.78, 5) is 13.6. The van der Waals surface area contributed by atoms with Crippen molar-refractivity contribution < 1.29 is 4.79 Å². The first-order valence-corrected chi connectivity index (χ1v) is 6.20. The highest BCUT2D eigenvalue weighted by Gasteiger charge is 2.31. The molecule has 1 saturated heterocycles. The lowest BCUT2D eigenvalue weighted by atomic mass is 9.95. The van der Waals surface area contributed by atoms with Crippen LogP contribution in [-0.4, -0.2) is 29.9 Å². The average molecular weight is 210 g/mol. The fourth-order valence-corrected chi connectivity index (χ4v) is 3.06. The van der Waals surface area contributed by atoms with Crippen LogP contribution in [0.4, 0.5) is 0 Å². The second-order valence-corrected chi connectivity index (χ2v) is 5.28. The number of primary amides is 1. The molecule has 0 aromatic rings. The third kappa shape index (κ3) is 2.51. The van der Waals surface area contributed by atoms with Crippen molar-refractivity contribution in [2.45, 2.75) is 45.1 Å². The Kier molecular flexibility index (Phi) is 3.29. The molecule has 0 unspecified atom stereocenters. The molecule has 1 heterocycles. The van der Waals surface area contributed by atoms with Gasteiger partial charge >= 0.3 is 0 Å². The summed E-state index contributed by atoms with van der Waals surface area (Å²) in [6.07, 6.45) is 6.02. The van der Waals surface area contributed by atoms with E-state index in [-0.39, 0.29) is 11.8 Å². The first kappa shape index (κ1) is 10.9. The van der Waals surface area contributed by atoms with Crippen LogP contribution >= 0.6 is 0 Å². The highest BCUT2D eigenvalue weighted by Crippen LogP contribution is 2.31. The first-order valence-electron chi connectivity index (χ1n) is 6.20. The Labute approximate surface area is 92.0 Å². The molecule has 2 fully saturated rings. The number of amides is 1. The maximum atomic E-state index is 11.0. The van der Waals surface area contributed by atoms with Gasteiger partial charge in [-0.2, -0.15) is 0 Å². The molecule has 1 aliphatic carbocycles. The van der Waals surface area contributed by atoms with E-state index >= 15 is 0 Å². The van der Waals surface area contributed by atoms with Gasteiger partial charge in [0, 0.05) is 12.0 Å². The molecule has 86 valence electrons. The van der Waals surface area contributed by atoms with Crippen LogP contribution in [0.25, 0.3) is 0 Å². The normalized spacial score (nSPS) is 34.5. The molecular formula is C12H22N2O. The maximum Gasteiger partial charge on any atom is 0.220 e. The molecule has 1 aliphatic heterocycles. The van der Waals surface area contributed by atoms with Crippen LogP contribution in [0, 0.1) is 11.8 Å². The Morgan fingerprint density at radius 3 is 2.33 bits per heavy atom. The number of hydrogen-bond donors (Lipinski definition) is 1. The van der Waals surface area contributed by atoms with E-state index in [1.807, 2.05) is 0 Å². The number of carbonyl (C=O) groups is 1. The summed E-state index contributed by atoms with van der Waals surface area (Å²) >= 11 is 0. The Hall–Kier alpha value is -0.570. The number of hydrogen-bond acceptors (Lipinski definition) is 2. The van der Waals surface area contributed by atoms with Crippen LogP contribution in [-0.2, 0) is 4.79 Å². The predicted molar refractivity (Wildman–Crippen MR) is 60.3 cm³/mol. The summed E-state index contributed by atoms with van der Waals surface area (Å²) in [7, 11) is 0. The molecule has 3 nitrogen and oxygen atoms in total. The van der Waals surface area contributed by atoms with Gasteiger partial charge in [0.1, 0.15) is 0 Å². The summed E-state index contributed by atoms with van der Waals surface area (Å²) in [6, 6.07) is 0.786. The molecule has 1 amide bonds. The first-order chi connectivity index (χ1) is 7.16. The minimum Gasteiger partial charge on any atom is -0.369 e. The highest BCUT2D eigenvalue weighted by atomic mass is 16.1. The second kappa shape index (κ2) is 4.52. The zero-order chi connectivity index (χ0) is 10.8. The molecule has 15 heavy (non-hydrogen) atoms. The number of likely N-dealkylation sites (tertiary alicyclic amines) is 1. The summed E-state index contributed by atoms with van der Waals surface area (Å²) < 4.78 is 0. The fourth-order valence-electron chi connectivity index (χ4n) is 3.06. The summed E-state index contributed by atoms with van der Waals surface area (Å²) in [5, 5.41) is 0. The van der Waals surface area contributed by atoms with Crippen molar-refractivity contribution in [1.82, 2.24) is 4.90 Å². The van der Waals surface area contributed by atoms with Gasteiger partial charge in [-0.05, 0) is 51.1 Å². The average Bonchev–Trinajstić information content (AvgIpc) is 2.65. The SMILES string of the molecule is C[C@H]1CC[C@H](N2CCC(C(N)=O)CC2)C1. The van der Waals surface area contributed by atoms with Gasteiger partial charge in [-0.3, -0.25) is 4.79 Å². The molecular weight excluding hydrogens is 188 g/mol. The van der Waals surface area contributed by atoms with Gasteiger partial charge in [0.15, 0.2) is 0 Å². The summed E-state index contributed by atoms with van der Waals surface area (Å²) in [5.74, 6) is 0.929. The third-order valence-corrected chi connectivity index (χ3v) is 4.12. The van der Waals surface area contributed by atoms with E-state index in [9.17, 15) is 4.79 Å². The Morgan fingerprint density at radius 2 is 1.87 bits per heavy atom. The van der Waals surface area contributed by atoms with Gasteiger partial charge in [-0.1, -0.05) is 6.92 Å². The lowest BCUT2D eigenvalue weighted by molar-refractivity contribution is -0.123. The van der Waals surface area contributed by atoms with Crippen molar-refractivity contribution in [1.29, 1.82) is 0 Å². The van der Waals surface area contributed by atoms with Crippen molar-refractivity contribution in [3.05, 3.63) is 0 Å². The number of carbonyl (C=O) groups excluding carboxylic acids is 1. The molecule has 1 saturated carbocycles. The van der Waals surface area contributed by atoms with Crippen LogP contribution < -0.4 is 5.73 Å². The topological polar surface area (TPSA) is 46.3 Å². The van der Waals surface area contributed by atoms with Gasteiger partial charge < -0.3 is 10.6 Å². The minimum absolute atomic E-state index is 0.102. The molecule has 0 spiro atoms. The number of nitrogens with zero attached hydrogens (tertiary/aromatic N) is 1. The van der Waals surface area contributed by atoms with Crippen LogP contribution in [0.1, 0.15) is 39.0 Å². The molecule has 0 aromatic heterocycles. The van der Waals surface area contributed by atoms with Crippen molar-refractivity contribution >= 4 is 5.91 Å². The van der Waals surface area contributed by atoms with Crippen LogP contribution in [0.3, 0.4) is 0 Å². The monoisotopic (exact) mass is 210 g/mol. The molecule has 0 bridgehead atoms. The van der Waals surface area contributed by atoms with Crippen LogP contribution in [0.5, 0.6) is 0 Å². The quantitative estimate of drug-likeness (QED) is 0.748. The molecule has 2 atom stereocenters. The minimum atomic E-state index is -0.102. The van der Waals surface area contributed by atoms with E-state index in [4.69, 9.17) is 5.73 Å². The van der Waals surface area contributed by atoms with Crippen molar-refractivity contribution in [3.63, 3.8) is 0 Å². The number of rotatable bonds is 2. The van der Waals surface area contributed by atoms with E-state index < -0.39 is 0 Å².